The van der Waals surface area contributed by atoms with Crippen LogP contribution in [0.1, 0.15) is 50.5 Å². The zero-order chi connectivity index (χ0) is 12.1. The topological polar surface area (TPSA) is 50.9 Å². The zero-order valence-electron chi connectivity index (χ0n) is 10.7. The number of nitrogens with one attached hydrogen (secondary N) is 1. The van der Waals surface area contributed by atoms with E-state index >= 15 is 0 Å². The number of rotatable bonds is 3. The molecule has 1 fully saturated rings. The van der Waals surface area contributed by atoms with Gasteiger partial charge in [0.15, 0.2) is 0 Å². The third-order valence-electron chi connectivity index (χ3n) is 3.73. The van der Waals surface area contributed by atoms with E-state index in [1.165, 1.54) is 37.7 Å². The molecule has 2 atom stereocenters. The minimum absolute atomic E-state index is 0.579. The number of pyridine rings is 1. The highest BCUT2D eigenvalue weighted by molar-refractivity contribution is 5.41. The number of hydrogen-bond donors (Lipinski definition) is 2. The molecule has 0 aliphatic heterocycles. The summed E-state index contributed by atoms with van der Waals surface area (Å²) in [5.41, 5.74) is 7.24. The highest BCUT2D eigenvalue weighted by atomic mass is 14.9. The highest BCUT2D eigenvalue weighted by Gasteiger charge is 2.22. The Morgan fingerprint density at radius 2 is 2.24 bits per heavy atom. The van der Waals surface area contributed by atoms with E-state index in [1.807, 2.05) is 6.07 Å². The maximum absolute atomic E-state index is 5.99. The summed E-state index contributed by atoms with van der Waals surface area (Å²) in [5.74, 6) is 1.30. The fourth-order valence-electron chi connectivity index (χ4n) is 2.89. The largest absolute Gasteiger partial charge is 0.383 e. The molecule has 0 saturated heterocycles. The molecule has 17 heavy (non-hydrogen) atoms. The first-order valence-electron chi connectivity index (χ1n) is 6.75. The minimum Gasteiger partial charge on any atom is -0.383 e. The Morgan fingerprint density at radius 3 is 3.00 bits per heavy atom. The van der Waals surface area contributed by atoms with E-state index in [-0.39, 0.29) is 0 Å². The summed E-state index contributed by atoms with van der Waals surface area (Å²) in [6.07, 6.45) is 8.15. The molecular weight excluding hydrogens is 210 g/mol. The van der Waals surface area contributed by atoms with Gasteiger partial charge in [0.1, 0.15) is 5.82 Å². The Balaban J connectivity index is 2.11. The predicted molar refractivity (Wildman–Crippen MR) is 71.9 cm³/mol. The second kappa shape index (κ2) is 6.01. The van der Waals surface area contributed by atoms with Crippen molar-refractivity contribution in [2.24, 2.45) is 0 Å². The Kier molecular flexibility index (Phi) is 4.37. The maximum Gasteiger partial charge on any atom is 0.126 e. The summed E-state index contributed by atoms with van der Waals surface area (Å²) in [4.78, 5) is 4.21. The number of aromatic nitrogens is 1. The van der Waals surface area contributed by atoms with Crippen LogP contribution in [0.3, 0.4) is 0 Å². The van der Waals surface area contributed by atoms with Crippen molar-refractivity contribution >= 4 is 5.82 Å². The SMILES string of the molecule is CCNC1CCCCC(c2cccnc2N)C1. The predicted octanol–water partition coefficient (Wildman–Crippen LogP) is 2.69. The molecule has 1 aliphatic carbocycles. The van der Waals surface area contributed by atoms with Crippen molar-refractivity contribution in [2.75, 3.05) is 12.3 Å². The first kappa shape index (κ1) is 12.4. The molecule has 2 rings (SSSR count). The van der Waals surface area contributed by atoms with Crippen molar-refractivity contribution in [1.82, 2.24) is 10.3 Å². The van der Waals surface area contributed by atoms with E-state index in [1.54, 1.807) is 6.20 Å². The van der Waals surface area contributed by atoms with Gasteiger partial charge >= 0.3 is 0 Å². The second-order valence-electron chi connectivity index (χ2n) is 4.95. The number of nitrogen functional groups attached to an aromatic ring is 1. The Bertz CT molecular complexity index is 351. The van der Waals surface area contributed by atoms with E-state index in [0.717, 1.165) is 12.4 Å². The van der Waals surface area contributed by atoms with Crippen LogP contribution in [-0.4, -0.2) is 17.6 Å². The molecule has 1 aliphatic rings. The van der Waals surface area contributed by atoms with Crippen LogP contribution in [0.4, 0.5) is 5.82 Å². The van der Waals surface area contributed by atoms with E-state index in [0.29, 0.717) is 12.0 Å². The summed E-state index contributed by atoms with van der Waals surface area (Å²) >= 11 is 0. The Labute approximate surface area is 104 Å². The van der Waals surface area contributed by atoms with Gasteiger partial charge in [-0.05, 0) is 43.4 Å². The van der Waals surface area contributed by atoms with Crippen LogP contribution < -0.4 is 11.1 Å². The van der Waals surface area contributed by atoms with Crippen LogP contribution >= 0.6 is 0 Å². The average Bonchev–Trinajstić information content (AvgIpc) is 2.56. The molecule has 1 aromatic rings. The van der Waals surface area contributed by atoms with Gasteiger partial charge in [0.2, 0.25) is 0 Å². The second-order valence-corrected chi connectivity index (χ2v) is 4.95. The lowest BCUT2D eigenvalue weighted by atomic mass is 9.90. The van der Waals surface area contributed by atoms with Crippen molar-refractivity contribution in [3.63, 3.8) is 0 Å². The first-order chi connectivity index (χ1) is 8.31. The van der Waals surface area contributed by atoms with Gasteiger partial charge in [0.25, 0.3) is 0 Å². The van der Waals surface area contributed by atoms with Crippen LogP contribution in [0, 0.1) is 0 Å². The van der Waals surface area contributed by atoms with Gasteiger partial charge in [0, 0.05) is 12.2 Å². The molecule has 0 bridgehead atoms. The minimum atomic E-state index is 0.579. The number of hydrogen-bond acceptors (Lipinski definition) is 3. The molecule has 94 valence electrons. The van der Waals surface area contributed by atoms with E-state index < -0.39 is 0 Å². The molecule has 0 aromatic carbocycles. The third-order valence-corrected chi connectivity index (χ3v) is 3.73. The molecule has 0 radical (unpaired) electrons. The summed E-state index contributed by atoms with van der Waals surface area (Å²) in [6.45, 7) is 3.23. The van der Waals surface area contributed by atoms with Gasteiger partial charge in [-0.25, -0.2) is 4.98 Å². The zero-order valence-corrected chi connectivity index (χ0v) is 10.7. The average molecular weight is 233 g/mol. The molecule has 1 aromatic heterocycles. The van der Waals surface area contributed by atoms with Crippen molar-refractivity contribution in [2.45, 2.75) is 51.0 Å². The highest BCUT2D eigenvalue weighted by Crippen LogP contribution is 2.33. The van der Waals surface area contributed by atoms with Crippen LogP contribution in [0.15, 0.2) is 18.3 Å². The first-order valence-corrected chi connectivity index (χ1v) is 6.75. The summed E-state index contributed by atoms with van der Waals surface area (Å²) in [5, 5.41) is 3.58. The van der Waals surface area contributed by atoms with Crippen LogP contribution in [-0.2, 0) is 0 Å². The molecule has 3 nitrogen and oxygen atoms in total. The fourth-order valence-corrected chi connectivity index (χ4v) is 2.89. The van der Waals surface area contributed by atoms with Crippen LogP contribution in [0.2, 0.25) is 0 Å². The molecule has 2 unspecified atom stereocenters. The summed E-state index contributed by atoms with van der Waals surface area (Å²) in [6, 6.07) is 4.78. The maximum atomic E-state index is 5.99. The van der Waals surface area contributed by atoms with Gasteiger partial charge in [-0.3, -0.25) is 0 Å². The molecule has 1 heterocycles. The summed E-state index contributed by atoms with van der Waals surface area (Å²) < 4.78 is 0. The van der Waals surface area contributed by atoms with Gasteiger partial charge in [0.05, 0.1) is 0 Å². The lowest BCUT2D eigenvalue weighted by Gasteiger charge is -2.21. The normalized spacial score (nSPS) is 25.5. The van der Waals surface area contributed by atoms with Gasteiger partial charge in [-0.2, -0.15) is 0 Å². The number of nitrogens with two attached hydrogens (primary N) is 1. The van der Waals surface area contributed by atoms with Gasteiger partial charge in [-0.1, -0.05) is 25.8 Å². The van der Waals surface area contributed by atoms with Gasteiger partial charge < -0.3 is 11.1 Å². The molecule has 3 N–H and O–H groups in total. The Morgan fingerprint density at radius 1 is 1.41 bits per heavy atom. The fraction of sp³-hybridized carbons (Fsp3) is 0.643. The van der Waals surface area contributed by atoms with Crippen molar-refractivity contribution in [3.05, 3.63) is 23.9 Å². The van der Waals surface area contributed by atoms with E-state index in [2.05, 4.69) is 23.3 Å². The monoisotopic (exact) mass is 233 g/mol. The quantitative estimate of drug-likeness (QED) is 0.789. The van der Waals surface area contributed by atoms with Crippen molar-refractivity contribution < 1.29 is 0 Å². The third kappa shape index (κ3) is 3.19. The molecule has 0 spiro atoms. The van der Waals surface area contributed by atoms with E-state index in [9.17, 15) is 0 Å². The molecular formula is C14H23N3. The molecule has 3 heteroatoms. The molecule has 1 saturated carbocycles. The van der Waals surface area contributed by atoms with Crippen LogP contribution in [0.25, 0.3) is 0 Å². The number of anilines is 1. The van der Waals surface area contributed by atoms with Crippen molar-refractivity contribution in [1.29, 1.82) is 0 Å². The standard InChI is InChI=1S/C14H23N3/c1-2-16-12-7-4-3-6-11(10-12)13-8-5-9-17-14(13)15/h5,8-9,11-12,16H,2-4,6-7,10H2,1H3,(H2,15,17). The van der Waals surface area contributed by atoms with Gasteiger partial charge in [-0.15, -0.1) is 0 Å². The summed E-state index contributed by atoms with van der Waals surface area (Å²) in [7, 11) is 0. The molecule has 0 amide bonds. The number of nitrogens with zero attached hydrogens (tertiary/aromatic N) is 1. The van der Waals surface area contributed by atoms with E-state index in [4.69, 9.17) is 5.73 Å². The van der Waals surface area contributed by atoms with Crippen LogP contribution in [0.5, 0.6) is 0 Å². The lowest BCUT2D eigenvalue weighted by molar-refractivity contribution is 0.449. The van der Waals surface area contributed by atoms with Crippen molar-refractivity contribution in [3.8, 4) is 0 Å². The smallest absolute Gasteiger partial charge is 0.126 e. The Hall–Kier alpha value is -1.09. The lowest BCUT2D eigenvalue weighted by Crippen LogP contribution is -2.29.